The molecule has 1 aromatic heterocycles. The summed E-state index contributed by atoms with van der Waals surface area (Å²) in [4.78, 5) is 14.5. The molecule has 1 aromatic rings. The molecule has 0 aromatic carbocycles. The van der Waals surface area contributed by atoms with E-state index in [-0.39, 0.29) is 0 Å². The number of methoxy groups -OCH3 is 1. The number of halogens is 6. The van der Waals surface area contributed by atoms with E-state index in [1.165, 1.54) is 0 Å². The van der Waals surface area contributed by atoms with Gasteiger partial charge in [-0.05, 0) is 6.07 Å². The Morgan fingerprint density at radius 1 is 1.45 bits per heavy atom. The number of carbonyl (C=O) groups is 1. The second kappa shape index (κ2) is 6.21. The van der Waals surface area contributed by atoms with Crippen molar-refractivity contribution in [3.05, 3.63) is 23.0 Å². The molecule has 4 nitrogen and oxygen atoms in total. The molecule has 0 bridgehead atoms. The summed E-state index contributed by atoms with van der Waals surface area (Å²) < 4.78 is 69.8. The highest BCUT2D eigenvalue weighted by Crippen LogP contribution is 2.32. The Hall–Kier alpha value is -1.64. The van der Waals surface area contributed by atoms with Crippen LogP contribution in [0.2, 0.25) is 0 Å². The standard InChI is InChI=1S/C10H7ClF5NO3/c1-19-9(18)4-2-6(20-10(14,15)16)5(3-11)17-7(4)8(12)13/h2,8H,3H2,1H3. The summed E-state index contributed by atoms with van der Waals surface area (Å²) in [5.74, 6) is -2.80. The third-order valence-corrected chi connectivity index (χ3v) is 2.31. The molecule has 20 heavy (non-hydrogen) atoms. The van der Waals surface area contributed by atoms with Gasteiger partial charge in [0.25, 0.3) is 6.43 Å². The van der Waals surface area contributed by atoms with Crippen LogP contribution >= 0.6 is 11.6 Å². The number of hydrogen-bond acceptors (Lipinski definition) is 4. The van der Waals surface area contributed by atoms with Crippen molar-refractivity contribution >= 4 is 17.6 Å². The molecule has 0 spiro atoms. The van der Waals surface area contributed by atoms with Crippen molar-refractivity contribution in [2.24, 2.45) is 0 Å². The minimum Gasteiger partial charge on any atom is -0.465 e. The number of aromatic nitrogens is 1. The van der Waals surface area contributed by atoms with Crippen LogP contribution in [-0.4, -0.2) is 24.4 Å². The van der Waals surface area contributed by atoms with E-state index in [9.17, 15) is 26.7 Å². The summed E-state index contributed by atoms with van der Waals surface area (Å²) in [6, 6.07) is 0.478. The highest BCUT2D eigenvalue weighted by atomic mass is 35.5. The largest absolute Gasteiger partial charge is 0.573 e. The Balaban J connectivity index is 3.41. The second-order valence-corrected chi connectivity index (χ2v) is 3.61. The van der Waals surface area contributed by atoms with Crippen LogP contribution in [0.3, 0.4) is 0 Å². The Morgan fingerprint density at radius 2 is 2.05 bits per heavy atom. The maximum absolute atomic E-state index is 12.7. The number of hydrogen-bond donors (Lipinski definition) is 0. The SMILES string of the molecule is COC(=O)c1cc(OC(F)(F)F)c(CCl)nc1C(F)F. The van der Waals surface area contributed by atoms with Gasteiger partial charge in [-0.15, -0.1) is 24.8 Å². The van der Waals surface area contributed by atoms with E-state index in [4.69, 9.17) is 11.6 Å². The van der Waals surface area contributed by atoms with Crippen LogP contribution in [0.4, 0.5) is 22.0 Å². The van der Waals surface area contributed by atoms with Crippen molar-refractivity contribution in [1.82, 2.24) is 4.98 Å². The Labute approximate surface area is 114 Å². The molecule has 0 amide bonds. The summed E-state index contributed by atoms with van der Waals surface area (Å²) in [6.07, 6.45) is -8.27. The van der Waals surface area contributed by atoms with Gasteiger partial charge < -0.3 is 9.47 Å². The van der Waals surface area contributed by atoms with Crippen LogP contribution in [0.1, 0.15) is 28.2 Å². The molecule has 0 unspecified atom stereocenters. The van der Waals surface area contributed by atoms with E-state index in [1.54, 1.807) is 0 Å². The van der Waals surface area contributed by atoms with Gasteiger partial charge in [-0.3, -0.25) is 0 Å². The number of ether oxygens (including phenoxy) is 2. The van der Waals surface area contributed by atoms with Crippen LogP contribution in [0.15, 0.2) is 6.07 Å². The highest BCUT2D eigenvalue weighted by molar-refractivity contribution is 6.17. The minimum absolute atomic E-state index is 0.478. The molecule has 0 fully saturated rings. The van der Waals surface area contributed by atoms with E-state index in [0.29, 0.717) is 6.07 Å². The molecular formula is C10H7ClF5NO3. The average Bonchev–Trinajstić information content (AvgIpc) is 2.35. The summed E-state index contributed by atoms with van der Waals surface area (Å²) in [5.41, 5.74) is -2.41. The third kappa shape index (κ3) is 3.92. The summed E-state index contributed by atoms with van der Waals surface area (Å²) in [7, 11) is 0.886. The molecule has 0 N–H and O–H groups in total. The Bertz CT molecular complexity index is 506. The lowest BCUT2D eigenvalue weighted by Gasteiger charge is -2.14. The highest BCUT2D eigenvalue weighted by Gasteiger charge is 2.34. The Kier molecular flexibility index (Phi) is 5.09. The average molecular weight is 320 g/mol. The fourth-order valence-electron chi connectivity index (χ4n) is 1.30. The van der Waals surface area contributed by atoms with Crippen LogP contribution in [0, 0.1) is 0 Å². The Morgan fingerprint density at radius 3 is 2.45 bits per heavy atom. The topological polar surface area (TPSA) is 48.4 Å². The normalized spacial score (nSPS) is 11.6. The smallest absolute Gasteiger partial charge is 0.465 e. The van der Waals surface area contributed by atoms with Crippen LogP contribution < -0.4 is 4.74 Å². The fourth-order valence-corrected chi connectivity index (χ4v) is 1.49. The number of nitrogens with zero attached hydrogens (tertiary/aromatic N) is 1. The monoisotopic (exact) mass is 319 g/mol. The van der Waals surface area contributed by atoms with E-state index in [1.807, 2.05) is 0 Å². The molecule has 0 atom stereocenters. The molecule has 0 radical (unpaired) electrons. The number of rotatable bonds is 4. The first-order valence-corrected chi connectivity index (χ1v) is 5.45. The number of esters is 1. The zero-order chi connectivity index (χ0) is 15.5. The molecule has 112 valence electrons. The van der Waals surface area contributed by atoms with Crippen LogP contribution in [0.25, 0.3) is 0 Å². The molecule has 0 saturated heterocycles. The molecule has 0 aliphatic rings. The number of pyridine rings is 1. The van der Waals surface area contributed by atoms with Crippen molar-refractivity contribution in [1.29, 1.82) is 0 Å². The van der Waals surface area contributed by atoms with Gasteiger partial charge in [-0.1, -0.05) is 0 Å². The van der Waals surface area contributed by atoms with Crippen molar-refractivity contribution < 1.29 is 36.2 Å². The first kappa shape index (κ1) is 16.4. The molecular weight excluding hydrogens is 313 g/mol. The van der Waals surface area contributed by atoms with E-state index in [0.717, 1.165) is 7.11 Å². The lowest BCUT2D eigenvalue weighted by Crippen LogP contribution is -2.20. The molecule has 10 heteroatoms. The molecule has 1 heterocycles. The van der Waals surface area contributed by atoms with Gasteiger partial charge in [-0.2, -0.15) is 0 Å². The summed E-state index contributed by atoms with van der Waals surface area (Å²) in [5, 5.41) is 0. The zero-order valence-corrected chi connectivity index (χ0v) is 10.6. The van der Waals surface area contributed by atoms with Gasteiger partial charge in [0.05, 0.1) is 24.2 Å². The second-order valence-electron chi connectivity index (χ2n) is 3.34. The number of carbonyl (C=O) groups excluding carboxylic acids is 1. The van der Waals surface area contributed by atoms with Crippen molar-refractivity contribution in [2.45, 2.75) is 18.7 Å². The maximum atomic E-state index is 12.7. The minimum atomic E-state index is -5.08. The van der Waals surface area contributed by atoms with Crippen molar-refractivity contribution in [3.8, 4) is 5.75 Å². The summed E-state index contributed by atoms with van der Waals surface area (Å²) >= 11 is 5.33. The first-order chi connectivity index (χ1) is 9.19. The first-order valence-electron chi connectivity index (χ1n) is 4.91. The van der Waals surface area contributed by atoms with Gasteiger partial charge in [0, 0.05) is 0 Å². The summed E-state index contributed by atoms with van der Waals surface area (Å²) in [6.45, 7) is 0. The van der Waals surface area contributed by atoms with E-state index >= 15 is 0 Å². The fraction of sp³-hybridized carbons (Fsp3) is 0.400. The van der Waals surface area contributed by atoms with Crippen LogP contribution in [0.5, 0.6) is 5.75 Å². The number of alkyl halides is 6. The third-order valence-electron chi connectivity index (χ3n) is 2.06. The van der Waals surface area contributed by atoms with Gasteiger partial charge >= 0.3 is 12.3 Å². The van der Waals surface area contributed by atoms with Gasteiger partial charge in [0.2, 0.25) is 0 Å². The lowest BCUT2D eigenvalue weighted by molar-refractivity contribution is -0.275. The maximum Gasteiger partial charge on any atom is 0.573 e. The lowest BCUT2D eigenvalue weighted by atomic mass is 10.1. The van der Waals surface area contributed by atoms with E-state index < -0.39 is 47.3 Å². The molecule has 1 rings (SSSR count). The van der Waals surface area contributed by atoms with Gasteiger partial charge in [0.15, 0.2) is 5.75 Å². The quantitative estimate of drug-likeness (QED) is 0.484. The molecule has 0 aliphatic heterocycles. The van der Waals surface area contributed by atoms with E-state index in [2.05, 4.69) is 14.5 Å². The molecule has 0 saturated carbocycles. The van der Waals surface area contributed by atoms with Gasteiger partial charge in [0.1, 0.15) is 5.69 Å². The van der Waals surface area contributed by atoms with Crippen molar-refractivity contribution in [2.75, 3.05) is 7.11 Å². The zero-order valence-electron chi connectivity index (χ0n) is 9.80. The predicted molar refractivity (Wildman–Crippen MR) is 56.8 cm³/mol. The van der Waals surface area contributed by atoms with Gasteiger partial charge in [-0.25, -0.2) is 18.6 Å². The van der Waals surface area contributed by atoms with Crippen molar-refractivity contribution in [3.63, 3.8) is 0 Å². The predicted octanol–water partition coefficient (Wildman–Crippen LogP) is 3.44. The van der Waals surface area contributed by atoms with Crippen LogP contribution in [-0.2, 0) is 10.6 Å². The molecule has 0 aliphatic carbocycles.